The molecule has 2 aromatic rings. The van der Waals surface area contributed by atoms with E-state index in [0.717, 1.165) is 3.57 Å². The van der Waals surface area contributed by atoms with Gasteiger partial charge in [0.05, 0.1) is 15.9 Å². The van der Waals surface area contributed by atoms with Crippen molar-refractivity contribution in [3.8, 4) is 11.5 Å². The minimum absolute atomic E-state index is 0.00663. The highest BCUT2D eigenvalue weighted by Gasteiger charge is 2.34. The number of hydrogen-bond donors (Lipinski definition) is 2. The van der Waals surface area contributed by atoms with Crippen molar-refractivity contribution in [2.24, 2.45) is 0 Å². The lowest BCUT2D eigenvalue weighted by molar-refractivity contribution is -0.122. The molecular formula is C19H14I2N2O4S. The zero-order valence-electron chi connectivity index (χ0n) is 14.5. The second-order valence-corrected chi connectivity index (χ2v) is 8.51. The van der Waals surface area contributed by atoms with E-state index in [0.29, 0.717) is 27.2 Å². The van der Waals surface area contributed by atoms with E-state index in [2.05, 4.69) is 27.9 Å². The standard InChI is InChI=1S/C19H14I2N2O4S/c1-2-27-13-5-3-4-12(9-13)23-18(26)14(17(25)22-19(23)28)7-10-6-11(20)8-15(21)16(10)24/h3-9,24H,2H2,1H3,(H,22,25,28)/b14-7-. The quantitative estimate of drug-likeness (QED) is 0.235. The summed E-state index contributed by atoms with van der Waals surface area (Å²) in [7, 11) is 0. The lowest BCUT2D eigenvalue weighted by atomic mass is 10.1. The Balaban J connectivity index is 2.05. The van der Waals surface area contributed by atoms with Gasteiger partial charge in [0.2, 0.25) is 0 Å². The number of rotatable bonds is 4. The molecule has 0 bridgehead atoms. The topological polar surface area (TPSA) is 78.9 Å². The van der Waals surface area contributed by atoms with Crippen molar-refractivity contribution in [3.63, 3.8) is 0 Å². The van der Waals surface area contributed by atoms with Crippen LogP contribution in [-0.4, -0.2) is 28.6 Å². The van der Waals surface area contributed by atoms with Gasteiger partial charge < -0.3 is 9.84 Å². The first-order chi connectivity index (χ1) is 13.3. The second kappa shape index (κ2) is 8.74. The van der Waals surface area contributed by atoms with Crippen LogP contribution in [0.1, 0.15) is 12.5 Å². The molecule has 6 nitrogen and oxygen atoms in total. The predicted octanol–water partition coefficient (Wildman–Crippen LogP) is 3.83. The fraction of sp³-hybridized carbons (Fsp3) is 0.105. The average Bonchev–Trinajstić information content (AvgIpc) is 2.63. The Bertz CT molecular complexity index is 1020. The van der Waals surface area contributed by atoms with E-state index < -0.39 is 11.8 Å². The number of halogens is 2. The highest BCUT2D eigenvalue weighted by molar-refractivity contribution is 14.1. The molecule has 2 N–H and O–H groups in total. The van der Waals surface area contributed by atoms with E-state index in [1.807, 2.05) is 29.5 Å². The fourth-order valence-corrected chi connectivity index (χ4v) is 4.79. The van der Waals surface area contributed by atoms with Crippen LogP contribution in [0.3, 0.4) is 0 Å². The van der Waals surface area contributed by atoms with Gasteiger partial charge in [-0.1, -0.05) is 6.07 Å². The maximum absolute atomic E-state index is 13.1. The molecule has 1 saturated heterocycles. The minimum Gasteiger partial charge on any atom is -0.506 e. The Morgan fingerprint density at radius 2 is 2.00 bits per heavy atom. The SMILES string of the molecule is CCOc1cccc(N2C(=O)/C(=C\c3cc(I)cc(I)c3O)C(=O)NC2=S)c1. The molecule has 1 aliphatic heterocycles. The molecule has 0 radical (unpaired) electrons. The van der Waals surface area contributed by atoms with E-state index in [-0.39, 0.29) is 16.4 Å². The van der Waals surface area contributed by atoms with Gasteiger partial charge in [-0.25, -0.2) is 0 Å². The van der Waals surface area contributed by atoms with E-state index in [9.17, 15) is 14.7 Å². The maximum atomic E-state index is 13.1. The summed E-state index contributed by atoms with van der Waals surface area (Å²) in [6.07, 6.45) is 1.37. The first-order valence-corrected chi connectivity index (χ1v) is 10.7. The van der Waals surface area contributed by atoms with Gasteiger partial charge in [-0.2, -0.15) is 0 Å². The molecular weight excluding hydrogens is 606 g/mol. The fourth-order valence-electron chi connectivity index (χ4n) is 2.62. The van der Waals surface area contributed by atoms with Crippen LogP contribution in [0.15, 0.2) is 42.0 Å². The number of hydrogen-bond acceptors (Lipinski definition) is 5. The first kappa shape index (κ1) is 21.0. The number of amides is 2. The van der Waals surface area contributed by atoms with Gasteiger partial charge >= 0.3 is 0 Å². The number of nitrogens with one attached hydrogen (secondary N) is 1. The molecule has 9 heteroatoms. The Kier molecular flexibility index (Phi) is 6.55. The maximum Gasteiger partial charge on any atom is 0.270 e. The molecule has 144 valence electrons. The summed E-state index contributed by atoms with van der Waals surface area (Å²) < 4.78 is 6.97. The molecule has 1 heterocycles. The van der Waals surface area contributed by atoms with Crippen molar-refractivity contribution in [3.05, 3.63) is 54.7 Å². The molecule has 0 unspecified atom stereocenters. The molecule has 0 spiro atoms. The smallest absolute Gasteiger partial charge is 0.270 e. The monoisotopic (exact) mass is 620 g/mol. The average molecular weight is 620 g/mol. The Morgan fingerprint density at radius 1 is 1.25 bits per heavy atom. The number of thiocarbonyl (C=S) groups is 1. The zero-order valence-corrected chi connectivity index (χ0v) is 19.7. The van der Waals surface area contributed by atoms with Gasteiger partial charge in [-0.15, -0.1) is 0 Å². The molecule has 0 aliphatic carbocycles. The zero-order chi connectivity index (χ0) is 20.4. The van der Waals surface area contributed by atoms with Crippen molar-refractivity contribution in [1.29, 1.82) is 0 Å². The molecule has 0 aromatic heterocycles. The molecule has 2 amide bonds. The van der Waals surface area contributed by atoms with Crippen LogP contribution in [0.25, 0.3) is 6.08 Å². The van der Waals surface area contributed by atoms with E-state index in [1.165, 1.54) is 11.0 Å². The van der Waals surface area contributed by atoms with E-state index >= 15 is 0 Å². The van der Waals surface area contributed by atoms with Gasteiger partial charge in [-0.05, 0) is 94.7 Å². The summed E-state index contributed by atoms with van der Waals surface area (Å²) in [5, 5.41) is 12.8. The lowest BCUT2D eigenvalue weighted by Gasteiger charge is -2.29. The van der Waals surface area contributed by atoms with E-state index in [4.69, 9.17) is 17.0 Å². The Morgan fingerprint density at radius 3 is 2.71 bits per heavy atom. The third kappa shape index (κ3) is 4.30. The summed E-state index contributed by atoms with van der Waals surface area (Å²) >= 11 is 9.31. The normalized spacial score (nSPS) is 15.8. The summed E-state index contributed by atoms with van der Waals surface area (Å²) in [5.74, 6) is -0.592. The Labute approximate surface area is 194 Å². The third-order valence-electron chi connectivity index (χ3n) is 3.85. The lowest BCUT2D eigenvalue weighted by Crippen LogP contribution is -2.54. The number of benzene rings is 2. The first-order valence-electron chi connectivity index (χ1n) is 8.14. The summed E-state index contributed by atoms with van der Waals surface area (Å²) in [5.41, 5.74) is 0.738. The number of nitrogens with zero attached hydrogens (tertiary/aromatic N) is 1. The number of aromatic hydroxyl groups is 1. The van der Waals surface area contributed by atoms with Crippen LogP contribution in [0.4, 0.5) is 5.69 Å². The van der Waals surface area contributed by atoms with Crippen LogP contribution in [-0.2, 0) is 9.59 Å². The van der Waals surface area contributed by atoms with Crippen LogP contribution < -0.4 is 15.0 Å². The van der Waals surface area contributed by atoms with Crippen LogP contribution in [0.5, 0.6) is 11.5 Å². The van der Waals surface area contributed by atoms with Crippen molar-refractivity contribution >= 4 is 86.1 Å². The number of carbonyl (C=O) groups excluding carboxylic acids is 2. The molecule has 3 rings (SSSR count). The molecule has 2 aromatic carbocycles. The summed E-state index contributed by atoms with van der Waals surface area (Å²) in [6.45, 7) is 2.34. The van der Waals surface area contributed by atoms with Crippen LogP contribution in [0, 0.1) is 7.14 Å². The van der Waals surface area contributed by atoms with Crippen LogP contribution in [0.2, 0.25) is 0 Å². The Hall–Kier alpha value is -1.73. The van der Waals surface area contributed by atoms with Crippen molar-refractivity contribution in [2.45, 2.75) is 6.92 Å². The number of phenols is 1. The highest BCUT2D eigenvalue weighted by Crippen LogP contribution is 2.30. The number of phenolic OH excluding ortho intramolecular Hbond substituents is 1. The summed E-state index contributed by atoms with van der Waals surface area (Å²) in [4.78, 5) is 26.7. The molecule has 0 atom stereocenters. The molecule has 1 fully saturated rings. The predicted molar refractivity (Wildman–Crippen MR) is 127 cm³/mol. The molecule has 1 aliphatic rings. The van der Waals surface area contributed by atoms with Gasteiger partial charge in [0, 0.05) is 15.2 Å². The van der Waals surface area contributed by atoms with Gasteiger partial charge in [-0.3, -0.25) is 19.8 Å². The van der Waals surface area contributed by atoms with Crippen LogP contribution >= 0.6 is 57.4 Å². The second-order valence-electron chi connectivity index (χ2n) is 5.71. The van der Waals surface area contributed by atoms with Gasteiger partial charge in [0.15, 0.2) is 5.11 Å². The van der Waals surface area contributed by atoms with Crippen molar-refractivity contribution < 1.29 is 19.4 Å². The van der Waals surface area contributed by atoms with Crippen molar-refractivity contribution in [1.82, 2.24) is 5.32 Å². The minimum atomic E-state index is -0.611. The largest absolute Gasteiger partial charge is 0.506 e. The molecule has 0 saturated carbocycles. The molecule has 28 heavy (non-hydrogen) atoms. The van der Waals surface area contributed by atoms with E-state index in [1.54, 1.807) is 36.4 Å². The third-order valence-corrected chi connectivity index (χ3v) is 5.58. The highest BCUT2D eigenvalue weighted by atomic mass is 127. The number of ether oxygens (including phenoxy) is 1. The van der Waals surface area contributed by atoms with Crippen molar-refractivity contribution in [2.75, 3.05) is 11.5 Å². The van der Waals surface area contributed by atoms with Gasteiger partial charge in [0.25, 0.3) is 11.8 Å². The summed E-state index contributed by atoms with van der Waals surface area (Å²) in [6, 6.07) is 10.4. The van der Waals surface area contributed by atoms with Gasteiger partial charge in [0.1, 0.15) is 17.1 Å². The number of carbonyl (C=O) groups is 2. The number of anilines is 1.